The lowest BCUT2D eigenvalue weighted by atomic mass is 9.36. The molecule has 5 heteroatoms. The third-order valence-electron chi connectivity index (χ3n) is 4.22. The van der Waals surface area contributed by atoms with Crippen molar-refractivity contribution in [3.63, 3.8) is 0 Å². The lowest BCUT2D eigenvalue weighted by Gasteiger charge is -2.25. The van der Waals surface area contributed by atoms with Gasteiger partial charge in [0.2, 0.25) is 0 Å². The normalized spacial score (nSPS) is 19.9. The standard InChI is InChI=1S/C12H14BN3O/c1-2-11(17)9-6-15-16-7-12(3-4-12)13(8-14)5-10(9)16/h6H,2-5,7H2,1H3. The molecule has 1 aliphatic carbocycles. The van der Waals surface area contributed by atoms with E-state index in [-0.39, 0.29) is 17.8 Å². The van der Waals surface area contributed by atoms with Crippen LogP contribution >= 0.6 is 0 Å². The van der Waals surface area contributed by atoms with Crippen LogP contribution in [-0.4, -0.2) is 22.3 Å². The summed E-state index contributed by atoms with van der Waals surface area (Å²) in [6, 6.07) is 0. The molecule has 4 nitrogen and oxygen atoms in total. The summed E-state index contributed by atoms with van der Waals surface area (Å²) in [6.07, 6.45) is 5.12. The van der Waals surface area contributed by atoms with Crippen molar-refractivity contribution in [2.75, 3.05) is 0 Å². The molecule has 86 valence electrons. The number of aromatic nitrogens is 2. The zero-order valence-electron chi connectivity index (χ0n) is 9.94. The van der Waals surface area contributed by atoms with Crippen LogP contribution in [0.5, 0.6) is 0 Å². The quantitative estimate of drug-likeness (QED) is 0.570. The fourth-order valence-electron chi connectivity index (χ4n) is 2.85. The fourth-order valence-corrected chi connectivity index (χ4v) is 2.85. The van der Waals surface area contributed by atoms with Crippen molar-refractivity contribution in [2.45, 2.75) is 44.4 Å². The second-order valence-electron chi connectivity index (χ2n) is 5.19. The van der Waals surface area contributed by atoms with Crippen molar-refractivity contribution in [2.24, 2.45) is 0 Å². The number of nitrogens with zero attached hydrogens (tertiary/aromatic N) is 3. The highest BCUT2D eigenvalue weighted by Crippen LogP contribution is 2.59. The van der Waals surface area contributed by atoms with Gasteiger partial charge in [0.05, 0.1) is 11.8 Å². The van der Waals surface area contributed by atoms with Gasteiger partial charge in [0.25, 0.3) is 6.71 Å². The molecule has 1 aromatic rings. The Morgan fingerprint density at radius 2 is 2.47 bits per heavy atom. The maximum Gasteiger partial charge on any atom is 0.281 e. The van der Waals surface area contributed by atoms with Gasteiger partial charge < -0.3 is 0 Å². The average Bonchev–Trinajstić information content (AvgIpc) is 2.99. The van der Waals surface area contributed by atoms with E-state index in [4.69, 9.17) is 0 Å². The van der Waals surface area contributed by atoms with Crippen molar-refractivity contribution in [1.82, 2.24) is 9.78 Å². The van der Waals surface area contributed by atoms with Crippen molar-refractivity contribution in [3.8, 4) is 5.97 Å². The first-order valence-electron chi connectivity index (χ1n) is 6.17. The predicted octanol–water partition coefficient (Wildman–Crippen LogP) is 1.66. The Hall–Kier alpha value is -1.57. The van der Waals surface area contributed by atoms with Crippen molar-refractivity contribution in [3.05, 3.63) is 17.5 Å². The predicted molar refractivity (Wildman–Crippen MR) is 63.8 cm³/mol. The van der Waals surface area contributed by atoms with Crippen molar-refractivity contribution < 1.29 is 4.79 Å². The Morgan fingerprint density at radius 1 is 1.71 bits per heavy atom. The summed E-state index contributed by atoms with van der Waals surface area (Å²) in [7, 11) is 0. The van der Waals surface area contributed by atoms with Gasteiger partial charge in [-0.15, -0.1) is 0 Å². The van der Waals surface area contributed by atoms with Crippen LogP contribution in [-0.2, 0) is 12.9 Å². The second kappa shape index (κ2) is 3.46. The van der Waals surface area contributed by atoms with Crippen molar-refractivity contribution >= 4 is 12.5 Å². The van der Waals surface area contributed by atoms with Crippen LogP contribution in [0.1, 0.15) is 42.2 Å². The second-order valence-corrected chi connectivity index (χ2v) is 5.19. The number of nitriles is 1. The zero-order chi connectivity index (χ0) is 12.0. The van der Waals surface area contributed by atoms with E-state index in [1.807, 2.05) is 11.6 Å². The molecule has 0 N–H and O–H groups in total. The van der Waals surface area contributed by atoms with E-state index in [1.54, 1.807) is 6.20 Å². The molecule has 0 aromatic carbocycles. The van der Waals surface area contributed by atoms with Gasteiger partial charge >= 0.3 is 0 Å². The minimum atomic E-state index is 0.0649. The lowest BCUT2D eigenvalue weighted by Crippen LogP contribution is -2.35. The molecule has 1 fully saturated rings. The first-order chi connectivity index (χ1) is 8.20. The summed E-state index contributed by atoms with van der Waals surface area (Å²) < 4.78 is 1.95. The minimum Gasteiger partial charge on any atom is -0.294 e. The number of hydrogen-bond acceptors (Lipinski definition) is 3. The maximum absolute atomic E-state index is 11.8. The highest BCUT2D eigenvalue weighted by atomic mass is 16.1. The van der Waals surface area contributed by atoms with Crippen LogP contribution < -0.4 is 0 Å². The number of fused-ring (bicyclic) bond motifs is 1. The highest BCUT2D eigenvalue weighted by Gasteiger charge is 2.55. The van der Waals surface area contributed by atoms with E-state index in [2.05, 4.69) is 11.1 Å². The summed E-state index contributed by atoms with van der Waals surface area (Å²) in [4.78, 5) is 11.8. The summed E-state index contributed by atoms with van der Waals surface area (Å²) >= 11 is 0. The Kier molecular flexibility index (Phi) is 2.15. The summed E-state index contributed by atoms with van der Waals surface area (Å²) in [6.45, 7) is 2.74. The molecule has 3 rings (SSSR count). The fraction of sp³-hybridized carbons (Fsp3) is 0.583. The van der Waals surface area contributed by atoms with Gasteiger partial charge in [-0.1, -0.05) is 19.8 Å². The largest absolute Gasteiger partial charge is 0.294 e. The number of rotatable bonds is 2. The van der Waals surface area contributed by atoms with Gasteiger partial charge in [0.1, 0.15) is 0 Å². The molecule has 0 unspecified atom stereocenters. The molecule has 0 amide bonds. The van der Waals surface area contributed by atoms with Gasteiger partial charge in [-0.2, -0.15) is 5.10 Å². The zero-order valence-corrected chi connectivity index (χ0v) is 9.94. The Bertz CT molecular complexity index is 524. The van der Waals surface area contributed by atoms with Crippen LogP contribution in [0.25, 0.3) is 0 Å². The Morgan fingerprint density at radius 3 is 3.06 bits per heavy atom. The molecule has 1 aliphatic heterocycles. The molecule has 0 atom stereocenters. The number of carbonyl (C=O) groups excluding carboxylic acids is 1. The summed E-state index contributed by atoms with van der Waals surface area (Å²) in [5.41, 5.74) is 1.70. The third kappa shape index (κ3) is 1.44. The van der Waals surface area contributed by atoms with Crippen LogP contribution in [0, 0.1) is 11.2 Å². The molecule has 0 saturated heterocycles. The van der Waals surface area contributed by atoms with E-state index in [1.165, 1.54) is 0 Å². The number of carbonyl (C=O) groups is 1. The van der Waals surface area contributed by atoms with Gasteiger partial charge in [-0.05, 0) is 11.6 Å². The van der Waals surface area contributed by atoms with Crippen molar-refractivity contribution in [1.29, 1.82) is 5.26 Å². The van der Waals surface area contributed by atoms with Gasteiger partial charge in [0, 0.05) is 24.6 Å². The highest BCUT2D eigenvalue weighted by molar-refractivity contribution is 6.70. The summed E-state index contributed by atoms with van der Waals surface area (Å²) in [5.74, 6) is 2.55. The van der Waals surface area contributed by atoms with E-state index in [9.17, 15) is 10.1 Å². The number of hydrogen-bond donors (Lipinski definition) is 0. The molecule has 0 bridgehead atoms. The molecule has 1 saturated carbocycles. The molecule has 2 heterocycles. The van der Waals surface area contributed by atoms with Crippen LogP contribution in [0.4, 0.5) is 0 Å². The first-order valence-corrected chi connectivity index (χ1v) is 6.17. The lowest BCUT2D eigenvalue weighted by molar-refractivity contribution is 0.0987. The number of Topliss-reactive ketones (excluding diaryl/α,β-unsaturated/α-hetero) is 1. The SMILES string of the molecule is CCC(=O)c1cnn2c1CB(C#N)C1(CC1)C2. The smallest absolute Gasteiger partial charge is 0.281 e. The molecule has 2 aliphatic rings. The van der Waals surface area contributed by atoms with Crippen LogP contribution in [0.3, 0.4) is 0 Å². The first kappa shape index (κ1) is 10.6. The van der Waals surface area contributed by atoms with Gasteiger partial charge in [0.15, 0.2) is 5.78 Å². The maximum atomic E-state index is 11.8. The Labute approximate surface area is 101 Å². The van der Waals surface area contributed by atoms with Crippen LogP contribution in [0.15, 0.2) is 6.20 Å². The van der Waals surface area contributed by atoms with E-state index in [0.29, 0.717) is 12.7 Å². The molecule has 0 radical (unpaired) electrons. The van der Waals surface area contributed by atoms with Crippen LogP contribution in [0.2, 0.25) is 5.31 Å². The Balaban J connectivity index is 2.00. The molecule has 1 spiro atoms. The minimum absolute atomic E-state index is 0.0649. The molecule has 17 heavy (non-hydrogen) atoms. The topological polar surface area (TPSA) is 58.7 Å². The third-order valence-corrected chi connectivity index (χ3v) is 4.22. The van der Waals surface area contributed by atoms with E-state index in [0.717, 1.165) is 30.6 Å². The monoisotopic (exact) mass is 227 g/mol. The molecule has 1 aromatic heterocycles. The van der Waals surface area contributed by atoms with E-state index >= 15 is 0 Å². The van der Waals surface area contributed by atoms with Gasteiger partial charge in [-0.25, -0.2) is 5.26 Å². The van der Waals surface area contributed by atoms with E-state index < -0.39 is 0 Å². The number of ketones is 1. The average molecular weight is 227 g/mol. The molecular weight excluding hydrogens is 213 g/mol. The van der Waals surface area contributed by atoms with Gasteiger partial charge in [-0.3, -0.25) is 9.48 Å². The summed E-state index contributed by atoms with van der Waals surface area (Å²) in [5, 5.41) is 13.7. The molecular formula is C12H14BN3O.